The van der Waals surface area contributed by atoms with Crippen LogP contribution in [-0.2, 0) is 5.60 Å². The number of rotatable bonds is 7. The van der Waals surface area contributed by atoms with Crippen molar-refractivity contribution in [1.82, 2.24) is 19.9 Å². The molecule has 32 heavy (non-hydrogen) atoms. The molecule has 8 nitrogen and oxygen atoms in total. The number of aryl methyl sites for hydroxylation is 2. The summed E-state index contributed by atoms with van der Waals surface area (Å²) in [5.41, 5.74) is 1.91. The van der Waals surface area contributed by atoms with Crippen molar-refractivity contribution in [3.05, 3.63) is 71.0 Å². The molecule has 0 saturated carbocycles. The van der Waals surface area contributed by atoms with Crippen molar-refractivity contribution in [3.63, 3.8) is 0 Å². The molecule has 0 saturated heterocycles. The first kappa shape index (κ1) is 21.9. The van der Waals surface area contributed by atoms with Crippen LogP contribution in [0.5, 0.6) is 0 Å². The molecule has 0 aliphatic rings. The molecule has 2 heterocycles. The van der Waals surface area contributed by atoms with Gasteiger partial charge in [0.25, 0.3) is 0 Å². The quantitative estimate of drug-likeness (QED) is 0.427. The van der Waals surface area contributed by atoms with E-state index in [0.717, 1.165) is 11.3 Å². The first-order valence-corrected chi connectivity index (χ1v) is 10.5. The summed E-state index contributed by atoms with van der Waals surface area (Å²) in [6.07, 6.45) is 0.215. The highest BCUT2D eigenvalue weighted by Gasteiger charge is 2.29. The number of carbonyl (C=O) groups excluding carboxylic acids is 1. The Morgan fingerprint density at radius 3 is 2.53 bits per heavy atom. The van der Waals surface area contributed by atoms with E-state index in [0.29, 0.717) is 33.9 Å². The molecule has 0 spiro atoms. The molecule has 0 aliphatic carbocycles. The third kappa shape index (κ3) is 4.06. The number of ketones is 1. The van der Waals surface area contributed by atoms with Gasteiger partial charge in [-0.15, -0.1) is 0 Å². The van der Waals surface area contributed by atoms with Gasteiger partial charge in [-0.2, -0.15) is 10.1 Å². The van der Waals surface area contributed by atoms with Gasteiger partial charge in [0.15, 0.2) is 11.6 Å². The lowest BCUT2D eigenvalue weighted by atomic mass is 9.96. The van der Waals surface area contributed by atoms with E-state index in [1.54, 1.807) is 29.8 Å². The molecule has 2 aromatic carbocycles. The zero-order valence-electron chi connectivity index (χ0n) is 18.5. The largest absolute Gasteiger partial charge is 0.393 e. The Hall–Kier alpha value is -3.36. The second-order valence-electron chi connectivity index (χ2n) is 8.47. The number of fused-ring (bicyclic) bond motifs is 1. The van der Waals surface area contributed by atoms with Gasteiger partial charge in [0.05, 0.1) is 17.8 Å². The summed E-state index contributed by atoms with van der Waals surface area (Å²) in [5, 5.41) is 29.5. The standard InChI is InChI=1S/C24H26N4O4/c1-14-5-8-18(9-6-14)28-20-12-17(7-10-19(20)22(26-28)24(4,31)13-29)21(30)11-15(2)23-25-16(3)27-32-23/h5-10,12,15,29,31H,11,13H2,1-4H3/t15-,24?/m0/s1. The van der Waals surface area contributed by atoms with E-state index in [-0.39, 0.29) is 18.1 Å². The van der Waals surface area contributed by atoms with Crippen LogP contribution in [0, 0.1) is 13.8 Å². The van der Waals surface area contributed by atoms with Gasteiger partial charge in [-0.25, -0.2) is 4.68 Å². The minimum atomic E-state index is -1.52. The smallest absolute Gasteiger partial charge is 0.229 e. The van der Waals surface area contributed by atoms with Gasteiger partial charge in [-0.1, -0.05) is 41.9 Å². The highest BCUT2D eigenvalue weighted by Crippen LogP contribution is 2.31. The van der Waals surface area contributed by atoms with E-state index in [1.807, 2.05) is 38.1 Å². The van der Waals surface area contributed by atoms with Gasteiger partial charge in [0, 0.05) is 23.3 Å². The summed E-state index contributed by atoms with van der Waals surface area (Å²) < 4.78 is 6.88. The molecule has 2 N–H and O–H groups in total. The van der Waals surface area contributed by atoms with Gasteiger partial charge in [0.2, 0.25) is 5.89 Å². The number of carbonyl (C=O) groups is 1. The minimum Gasteiger partial charge on any atom is -0.393 e. The maximum absolute atomic E-state index is 13.0. The van der Waals surface area contributed by atoms with Crippen LogP contribution >= 0.6 is 0 Å². The van der Waals surface area contributed by atoms with Gasteiger partial charge >= 0.3 is 0 Å². The van der Waals surface area contributed by atoms with Gasteiger partial charge < -0.3 is 14.7 Å². The molecule has 2 atom stereocenters. The third-order valence-electron chi connectivity index (χ3n) is 5.56. The molecule has 0 radical (unpaired) electrons. The average Bonchev–Trinajstić information content (AvgIpc) is 3.38. The predicted molar refractivity (Wildman–Crippen MR) is 119 cm³/mol. The van der Waals surface area contributed by atoms with Gasteiger partial charge in [-0.05, 0) is 39.0 Å². The number of hydrogen-bond donors (Lipinski definition) is 2. The van der Waals surface area contributed by atoms with Gasteiger partial charge in [0.1, 0.15) is 11.3 Å². The second kappa shape index (κ2) is 8.29. The number of aliphatic hydroxyl groups is 2. The van der Waals surface area contributed by atoms with Crippen LogP contribution in [0.25, 0.3) is 16.6 Å². The van der Waals surface area contributed by atoms with Crippen LogP contribution in [0.4, 0.5) is 0 Å². The lowest BCUT2D eigenvalue weighted by Gasteiger charge is -2.17. The summed E-state index contributed by atoms with van der Waals surface area (Å²) in [6, 6.07) is 13.0. The van der Waals surface area contributed by atoms with Crippen LogP contribution in [0.2, 0.25) is 0 Å². The number of aliphatic hydroxyl groups excluding tert-OH is 1. The summed E-state index contributed by atoms with van der Waals surface area (Å²) >= 11 is 0. The average molecular weight is 434 g/mol. The normalized spacial score (nSPS) is 14.4. The summed E-state index contributed by atoms with van der Waals surface area (Å²) in [4.78, 5) is 17.2. The van der Waals surface area contributed by atoms with Gasteiger partial charge in [-0.3, -0.25) is 4.79 Å². The number of aromatic nitrogens is 4. The van der Waals surface area contributed by atoms with Crippen molar-refractivity contribution in [2.24, 2.45) is 0 Å². The van der Waals surface area contributed by atoms with Crippen LogP contribution in [0.1, 0.15) is 59.5 Å². The SMILES string of the molecule is Cc1ccc(-n2nc(C(C)(O)CO)c3ccc(C(=O)C[C@H](C)c4nc(C)no4)cc32)cc1. The van der Waals surface area contributed by atoms with Crippen LogP contribution in [0.15, 0.2) is 47.0 Å². The lowest BCUT2D eigenvalue weighted by Crippen LogP contribution is -2.26. The van der Waals surface area contributed by atoms with Crippen molar-refractivity contribution in [2.75, 3.05) is 6.61 Å². The fourth-order valence-electron chi connectivity index (χ4n) is 3.64. The van der Waals surface area contributed by atoms with Crippen molar-refractivity contribution >= 4 is 16.7 Å². The molecule has 0 bridgehead atoms. The zero-order chi connectivity index (χ0) is 23.0. The molecule has 1 unspecified atom stereocenters. The van der Waals surface area contributed by atoms with Crippen molar-refractivity contribution in [2.45, 2.75) is 45.6 Å². The fraction of sp³-hybridized carbons (Fsp3) is 0.333. The van der Waals surface area contributed by atoms with Crippen LogP contribution < -0.4 is 0 Å². The molecule has 2 aromatic heterocycles. The molecular formula is C24H26N4O4. The van der Waals surface area contributed by atoms with Crippen LogP contribution in [-0.4, -0.2) is 42.5 Å². The van der Waals surface area contributed by atoms with Crippen molar-refractivity contribution in [3.8, 4) is 5.69 Å². The van der Waals surface area contributed by atoms with Crippen molar-refractivity contribution in [1.29, 1.82) is 0 Å². The maximum atomic E-state index is 13.0. The summed E-state index contributed by atoms with van der Waals surface area (Å²) in [6.45, 7) is 6.64. The van der Waals surface area contributed by atoms with E-state index in [9.17, 15) is 15.0 Å². The highest BCUT2D eigenvalue weighted by molar-refractivity contribution is 6.00. The molecule has 0 aliphatic heterocycles. The predicted octanol–water partition coefficient (Wildman–Crippen LogP) is 3.60. The Kier molecular flexibility index (Phi) is 5.66. The Morgan fingerprint density at radius 2 is 1.91 bits per heavy atom. The number of hydrogen-bond acceptors (Lipinski definition) is 7. The molecular weight excluding hydrogens is 408 g/mol. The first-order valence-electron chi connectivity index (χ1n) is 10.5. The summed E-state index contributed by atoms with van der Waals surface area (Å²) in [5.74, 6) is 0.684. The highest BCUT2D eigenvalue weighted by atomic mass is 16.5. The zero-order valence-corrected chi connectivity index (χ0v) is 18.5. The number of Topliss-reactive ketones (excluding diaryl/α,β-unsaturated/α-hetero) is 1. The van der Waals surface area contributed by atoms with Crippen molar-refractivity contribution < 1.29 is 19.5 Å². The summed E-state index contributed by atoms with van der Waals surface area (Å²) in [7, 11) is 0. The van der Waals surface area contributed by atoms with Crippen LogP contribution in [0.3, 0.4) is 0 Å². The third-order valence-corrected chi connectivity index (χ3v) is 5.56. The topological polar surface area (TPSA) is 114 Å². The van der Waals surface area contributed by atoms with E-state index in [1.165, 1.54) is 6.92 Å². The molecule has 4 aromatic rings. The Labute approximate surface area is 185 Å². The first-order chi connectivity index (χ1) is 15.2. The Bertz CT molecular complexity index is 1270. The molecule has 4 rings (SSSR count). The molecule has 166 valence electrons. The van der Waals surface area contributed by atoms with E-state index >= 15 is 0 Å². The minimum absolute atomic E-state index is 0.0672. The molecule has 0 amide bonds. The van der Waals surface area contributed by atoms with E-state index in [2.05, 4.69) is 15.2 Å². The fourth-order valence-corrected chi connectivity index (χ4v) is 3.64. The maximum Gasteiger partial charge on any atom is 0.229 e. The molecule has 0 fully saturated rings. The van der Waals surface area contributed by atoms with E-state index in [4.69, 9.17) is 4.52 Å². The number of benzene rings is 2. The lowest BCUT2D eigenvalue weighted by molar-refractivity contribution is -0.00495. The van der Waals surface area contributed by atoms with E-state index < -0.39 is 12.2 Å². The second-order valence-corrected chi connectivity index (χ2v) is 8.47. The Morgan fingerprint density at radius 1 is 1.19 bits per heavy atom. The Balaban J connectivity index is 1.77. The number of nitrogens with zero attached hydrogens (tertiary/aromatic N) is 4. The monoisotopic (exact) mass is 434 g/mol. The molecule has 8 heteroatoms.